The Bertz CT molecular complexity index is 1000. The first kappa shape index (κ1) is 18.9. The number of ether oxygens (including phenoxy) is 1. The van der Waals surface area contributed by atoms with Crippen LogP contribution in [0.2, 0.25) is 0 Å². The average Bonchev–Trinajstić information content (AvgIpc) is 3.09. The number of phenols is 1. The molecule has 0 atom stereocenters. The summed E-state index contributed by atoms with van der Waals surface area (Å²) in [6.07, 6.45) is 2.56. The van der Waals surface area contributed by atoms with E-state index < -0.39 is 0 Å². The van der Waals surface area contributed by atoms with Crippen LogP contribution in [0, 0.1) is 6.92 Å². The van der Waals surface area contributed by atoms with Gasteiger partial charge >= 0.3 is 0 Å². The van der Waals surface area contributed by atoms with Crippen LogP contribution < -0.4 is 9.54 Å². The molecule has 6 heteroatoms. The largest absolute Gasteiger partial charge is 0.507 e. The van der Waals surface area contributed by atoms with Crippen molar-refractivity contribution in [2.75, 3.05) is 13.7 Å². The Kier molecular flexibility index (Phi) is 6.08. The van der Waals surface area contributed by atoms with Crippen LogP contribution in [0.4, 0.5) is 0 Å². The molecule has 0 spiro atoms. The first-order valence-electron chi connectivity index (χ1n) is 8.83. The van der Waals surface area contributed by atoms with E-state index in [2.05, 4.69) is 41.3 Å². The fourth-order valence-electron chi connectivity index (χ4n) is 2.55. The predicted molar refractivity (Wildman–Crippen MR) is 111 cm³/mol. The van der Waals surface area contributed by atoms with Crippen molar-refractivity contribution in [1.82, 2.24) is 4.68 Å². The SMILES string of the molecule is CCCOc1ccc(C=Nn2c(-c3ccc(C)cc3)csc2=NC)c(O)c1. The first-order valence-corrected chi connectivity index (χ1v) is 9.71. The summed E-state index contributed by atoms with van der Waals surface area (Å²) in [5.41, 5.74) is 3.85. The van der Waals surface area contributed by atoms with Crippen LogP contribution in [0.5, 0.6) is 11.5 Å². The zero-order valence-electron chi connectivity index (χ0n) is 15.7. The second-order valence-corrected chi connectivity index (χ2v) is 6.96. The first-order chi connectivity index (χ1) is 13.1. The zero-order chi connectivity index (χ0) is 19.2. The number of benzene rings is 2. The summed E-state index contributed by atoms with van der Waals surface area (Å²) in [7, 11) is 1.74. The minimum atomic E-state index is 0.134. The Morgan fingerprint density at radius 2 is 1.96 bits per heavy atom. The number of hydrogen-bond acceptors (Lipinski definition) is 5. The maximum Gasteiger partial charge on any atom is 0.205 e. The van der Waals surface area contributed by atoms with E-state index in [4.69, 9.17) is 4.74 Å². The number of rotatable bonds is 6. The van der Waals surface area contributed by atoms with Gasteiger partial charge in [0.1, 0.15) is 11.5 Å². The van der Waals surface area contributed by atoms with Crippen molar-refractivity contribution in [3.8, 4) is 22.8 Å². The minimum absolute atomic E-state index is 0.134. The molecule has 3 aromatic rings. The molecule has 0 unspecified atom stereocenters. The normalized spacial score (nSPS) is 12.0. The molecule has 0 fully saturated rings. The lowest BCUT2D eigenvalue weighted by atomic mass is 10.1. The second kappa shape index (κ2) is 8.68. The minimum Gasteiger partial charge on any atom is -0.507 e. The van der Waals surface area contributed by atoms with Gasteiger partial charge in [0.2, 0.25) is 4.80 Å². The third-order valence-electron chi connectivity index (χ3n) is 4.01. The van der Waals surface area contributed by atoms with E-state index in [1.165, 1.54) is 16.9 Å². The third kappa shape index (κ3) is 4.46. The summed E-state index contributed by atoms with van der Waals surface area (Å²) in [5.74, 6) is 0.786. The molecule has 0 bridgehead atoms. The molecule has 140 valence electrons. The number of nitrogens with zero attached hydrogens (tertiary/aromatic N) is 3. The number of aromatic hydroxyl groups is 1. The molecule has 3 rings (SSSR count). The van der Waals surface area contributed by atoms with Gasteiger partial charge in [0.05, 0.1) is 18.5 Å². The molecule has 0 aliphatic carbocycles. The molecule has 2 aromatic carbocycles. The number of phenolic OH excluding ortho intramolecular Hbond substituents is 1. The maximum absolute atomic E-state index is 10.3. The number of aromatic nitrogens is 1. The highest BCUT2D eigenvalue weighted by molar-refractivity contribution is 7.07. The lowest BCUT2D eigenvalue weighted by Gasteiger charge is -2.07. The highest BCUT2D eigenvalue weighted by atomic mass is 32.1. The molecule has 1 heterocycles. The van der Waals surface area contributed by atoms with E-state index in [1.54, 1.807) is 30.1 Å². The summed E-state index contributed by atoms with van der Waals surface area (Å²) in [5, 5.41) is 16.9. The molecule has 0 aliphatic heterocycles. The Morgan fingerprint density at radius 3 is 2.63 bits per heavy atom. The number of hydrogen-bond donors (Lipinski definition) is 1. The van der Waals surface area contributed by atoms with E-state index in [0.29, 0.717) is 17.9 Å². The number of thiazole rings is 1. The maximum atomic E-state index is 10.3. The van der Waals surface area contributed by atoms with Crippen LogP contribution in [0.15, 0.2) is 57.9 Å². The van der Waals surface area contributed by atoms with Gasteiger partial charge in [0, 0.05) is 29.6 Å². The molecule has 0 radical (unpaired) electrons. The fraction of sp³-hybridized carbons (Fsp3) is 0.238. The molecule has 1 aromatic heterocycles. The second-order valence-electron chi connectivity index (χ2n) is 6.12. The van der Waals surface area contributed by atoms with E-state index in [9.17, 15) is 5.11 Å². The van der Waals surface area contributed by atoms with Crippen LogP contribution >= 0.6 is 11.3 Å². The highest BCUT2D eigenvalue weighted by Crippen LogP contribution is 2.24. The predicted octanol–water partition coefficient (Wildman–Crippen LogP) is 4.43. The van der Waals surface area contributed by atoms with Crippen molar-refractivity contribution in [3.05, 3.63) is 63.8 Å². The Hall–Kier alpha value is -2.86. The molecule has 27 heavy (non-hydrogen) atoms. The molecule has 0 saturated heterocycles. The van der Waals surface area contributed by atoms with Gasteiger partial charge < -0.3 is 9.84 Å². The van der Waals surface area contributed by atoms with Crippen LogP contribution in [-0.4, -0.2) is 29.7 Å². The lowest BCUT2D eigenvalue weighted by Crippen LogP contribution is -2.11. The van der Waals surface area contributed by atoms with Gasteiger partial charge in [-0.05, 0) is 25.5 Å². The Labute approximate surface area is 162 Å². The summed E-state index contributed by atoms with van der Waals surface area (Å²) in [6, 6.07) is 13.5. The van der Waals surface area contributed by atoms with Gasteiger partial charge in [-0.3, -0.25) is 4.99 Å². The van der Waals surface area contributed by atoms with Crippen molar-refractivity contribution in [3.63, 3.8) is 0 Å². The van der Waals surface area contributed by atoms with Crippen LogP contribution in [0.25, 0.3) is 11.3 Å². The van der Waals surface area contributed by atoms with Gasteiger partial charge in [0.25, 0.3) is 0 Å². The smallest absolute Gasteiger partial charge is 0.205 e. The van der Waals surface area contributed by atoms with Crippen molar-refractivity contribution in [2.45, 2.75) is 20.3 Å². The lowest BCUT2D eigenvalue weighted by molar-refractivity contribution is 0.315. The van der Waals surface area contributed by atoms with Crippen LogP contribution in [0.1, 0.15) is 24.5 Å². The number of aryl methyl sites for hydroxylation is 1. The van der Waals surface area contributed by atoms with E-state index >= 15 is 0 Å². The van der Waals surface area contributed by atoms with Crippen LogP contribution in [-0.2, 0) is 0 Å². The quantitative estimate of drug-likeness (QED) is 0.642. The van der Waals surface area contributed by atoms with Gasteiger partial charge in [-0.1, -0.05) is 36.8 Å². The third-order valence-corrected chi connectivity index (χ3v) is 4.92. The molecule has 0 amide bonds. The summed E-state index contributed by atoms with van der Waals surface area (Å²) in [6.45, 7) is 4.73. The average molecular weight is 382 g/mol. The molecular formula is C21H23N3O2S. The highest BCUT2D eigenvalue weighted by Gasteiger charge is 2.08. The zero-order valence-corrected chi connectivity index (χ0v) is 16.5. The Balaban J connectivity index is 1.93. The van der Waals surface area contributed by atoms with Gasteiger partial charge in [0.15, 0.2) is 0 Å². The molecule has 5 nitrogen and oxygen atoms in total. The fourth-order valence-corrected chi connectivity index (χ4v) is 3.35. The summed E-state index contributed by atoms with van der Waals surface area (Å²) >= 11 is 1.53. The monoisotopic (exact) mass is 381 g/mol. The van der Waals surface area contributed by atoms with Crippen molar-refractivity contribution >= 4 is 17.6 Å². The molecule has 0 saturated carbocycles. The van der Waals surface area contributed by atoms with Crippen molar-refractivity contribution in [1.29, 1.82) is 0 Å². The van der Waals surface area contributed by atoms with Gasteiger partial charge in [-0.25, -0.2) is 4.68 Å². The van der Waals surface area contributed by atoms with E-state index in [-0.39, 0.29) is 5.75 Å². The van der Waals surface area contributed by atoms with Crippen LogP contribution in [0.3, 0.4) is 0 Å². The molecule has 0 aliphatic rings. The molecular weight excluding hydrogens is 358 g/mol. The Morgan fingerprint density at radius 1 is 1.19 bits per heavy atom. The van der Waals surface area contributed by atoms with Gasteiger partial charge in [-0.15, -0.1) is 11.3 Å². The molecule has 1 N–H and O–H groups in total. The summed E-state index contributed by atoms with van der Waals surface area (Å²) < 4.78 is 7.33. The van der Waals surface area contributed by atoms with Gasteiger partial charge in [-0.2, -0.15) is 5.10 Å². The summed E-state index contributed by atoms with van der Waals surface area (Å²) in [4.78, 5) is 5.08. The standard InChI is InChI=1S/C21H23N3O2S/c1-4-11-26-18-10-9-17(20(25)12-18)13-23-24-19(14-27-21(24)22-3)16-7-5-15(2)6-8-16/h5-10,12-14,25H,4,11H2,1-3H3. The topological polar surface area (TPSA) is 59.1 Å². The van der Waals surface area contributed by atoms with Crippen molar-refractivity contribution in [2.24, 2.45) is 10.1 Å². The van der Waals surface area contributed by atoms with E-state index in [0.717, 1.165) is 22.5 Å². The van der Waals surface area contributed by atoms with Crippen molar-refractivity contribution < 1.29 is 9.84 Å². The van der Waals surface area contributed by atoms with E-state index in [1.807, 2.05) is 18.4 Å².